The van der Waals surface area contributed by atoms with Crippen molar-refractivity contribution < 1.29 is 14.3 Å². The molecule has 1 aliphatic heterocycles. The lowest BCUT2D eigenvalue weighted by atomic mass is 10.1. The summed E-state index contributed by atoms with van der Waals surface area (Å²) in [6.07, 6.45) is 0. The molecule has 1 aliphatic rings. The van der Waals surface area contributed by atoms with Gasteiger partial charge in [-0.3, -0.25) is 9.69 Å². The first-order chi connectivity index (χ1) is 15.6. The molecule has 3 aromatic rings. The fraction of sp³-hybridized carbons (Fsp3) is 0.360. The van der Waals surface area contributed by atoms with Gasteiger partial charge in [-0.15, -0.1) is 11.3 Å². The molecule has 0 bridgehead atoms. The highest BCUT2D eigenvalue weighted by atomic mass is 32.1. The van der Waals surface area contributed by atoms with E-state index in [0.717, 1.165) is 35.2 Å². The van der Waals surface area contributed by atoms with Crippen molar-refractivity contribution in [2.45, 2.75) is 40.4 Å². The number of carbonyl (C=O) groups excluding carboxylic acids is 1. The molecule has 7 heteroatoms. The van der Waals surface area contributed by atoms with Crippen molar-refractivity contribution in [1.29, 1.82) is 0 Å². The summed E-state index contributed by atoms with van der Waals surface area (Å²) < 4.78 is 11.0. The number of amides is 1. The van der Waals surface area contributed by atoms with Gasteiger partial charge in [0.15, 0.2) is 11.5 Å². The Kier molecular flexibility index (Phi) is 7.07. The second kappa shape index (κ2) is 10.1. The molecule has 1 aromatic heterocycles. The zero-order valence-electron chi connectivity index (χ0n) is 18.8. The predicted molar refractivity (Wildman–Crippen MR) is 126 cm³/mol. The van der Waals surface area contributed by atoms with E-state index in [9.17, 15) is 4.79 Å². The summed E-state index contributed by atoms with van der Waals surface area (Å²) in [5, 5.41) is 2.81. The molecular weight excluding hydrogens is 422 g/mol. The van der Waals surface area contributed by atoms with E-state index in [1.165, 1.54) is 11.1 Å². The summed E-state index contributed by atoms with van der Waals surface area (Å²) in [7, 11) is 0. The van der Waals surface area contributed by atoms with E-state index in [1.54, 1.807) is 16.2 Å². The van der Waals surface area contributed by atoms with Gasteiger partial charge in [-0.1, -0.05) is 35.9 Å². The van der Waals surface area contributed by atoms with Crippen LogP contribution in [0.25, 0.3) is 0 Å². The van der Waals surface area contributed by atoms with Gasteiger partial charge in [0.25, 0.3) is 5.91 Å². The Morgan fingerprint density at radius 1 is 0.969 bits per heavy atom. The second-order valence-electron chi connectivity index (χ2n) is 7.92. The van der Waals surface area contributed by atoms with Gasteiger partial charge in [0.2, 0.25) is 6.79 Å². The highest BCUT2D eigenvalue weighted by molar-refractivity contribution is 7.09. The lowest BCUT2D eigenvalue weighted by Gasteiger charge is -2.22. The SMILES string of the molecule is CCN(CC)C(=O)c1csc(CN(Cc2ccc(C)cc2)Cc2ccc3c(c2)OCO3)n1. The molecule has 0 unspecified atom stereocenters. The summed E-state index contributed by atoms with van der Waals surface area (Å²) in [6, 6.07) is 14.7. The molecule has 4 rings (SSSR count). The quantitative estimate of drug-likeness (QED) is 0.465. The maximum absolute atomic E-state index is 12.7. The minimum absolute atomic E-state index is 0.00152. The Hall–Kier alpha value is -2.90. The predicted octanol–water partition coefficient (Wildman–Crippen LogP) is 4.86. The first-order valence-electron chi connectivity index (χ1n) is 11.0. The fourth-order valence-corrected chi connectivity index (χ4v) is 4.57. The third-order valence-corrected chi connectivity index (χ3v) is 6.38. The molecule has 0 radical (unpaired) electrons. The van der Waals surface area contributed by atoms with E-state index in [-0.39, 0.29) is 12.7 Å². The van der Waals surface area contributed by atoms with Crippen molar-refractivity contribution in [2.24, 2.45) is 0 Å². The number of ether oxygens (including phenoxy) is 2. The van der Waals surface area contributed by atoms with Gasteiger partial charge in [-0.2, -0.15) is 0 Å². The van der Waals surface area contributed by atoms with Crippen molar-refractivity contribution in [2.75, 3.05) is 19.9 Å². The van der Waals surface area contributed by atoms with Crippen molar-refractivity contribution in [3.63, 3.8) is 0 Å². The first-order valence-corrected chi connectivity index (χ1v) is 11.8. The van der Waals surface area contributed by atoms with E-state index >= 15 is 0 Å². The van der Waals surface area contributed by atoms with Crippen LogP contribution in [-0.4, -0.2) is 40.6 Å². The van der Waals surface area contributed by atoms with E-state index < -0.39 is 0 Å². The molecule has 0 atom stereocenters. The summed E-state index contributed by atoms with van der Waals surface area (Å²) in [4.78, 5) is 21.5. The van der Waals surface area contributed by atoms with Gasteiger partial charge in [0, 0.05) is 31.6 Å². The Morgan fingerprint density at radius 3 is 2.41 bits per heavy atom. The molecule has 0 N–H and O–H groups in total. The van der Waals surface area contributed by atoms with Gasteiger partial charge in [-0.25, -0.2) is 4.98 Å². The Balaban J connectivity index is 1.52. The number of carbonyl (C=O) groups is 1. The van der Waals surface area contributed by atoms with Crippen LogP contribution in [0.2, 0.25) is 0 Å². The molecule has 168 valence electrons. The minimum atomic E-state index is -0.00152. The fourth-order valence-electron chi connectivity index (χ4n) is 3.76. The van der Waals surface area contributed by atoms with Gasteiger partial charge in [-0.05, 0) is 44.0 Å². The normalized spacial score (nSPS) is 12.4. The second-order valence-corrected chi connectivity index (χ2v) is 8.86. The molecular formula is C25H29N3O3S. The number of rotatable bonds is 9. The number of fused-ring (bicyclic) bond motifs is 1. The van der Waals surface area contributed by atoms with Gasteiger partial charge in [0.05, 0.1) is 6.54 Å². The minimum Gasteiger partial charge on any atom is -0.454 e. The number of thiazole rings is 1. The van der Waals surface area contributed by atoms with Crippen LogP contribution in [0.15, 0.2) is 47.8 Å². The van der Waals surface area contributed by atoms with E-state index in [4.69, 9.17) is 9.47 Å². The van der Waals surface area contributed by atoms with Crippen LogP contribution in [0, 0.1) is 6.92 Å². The van der Waals surface area contributed by atoms with Crippen LogP contribution in [0.3, 0.4) is 0 Å². The molecule has 2 heterocycles. The van der Waals surface area contributed by atoms with Gasteiger partial charge in [0.1, 0.15) is 10.7 Å². The molecule has 0 saturated carbocycles. The largest absolute Gasteiger partial charge is 0.454 e. The van der Waals surface area contributed by atoms with E-state index in [2.05, 4.69) is 47.1 Å². The summed E-state index contributed by atoms with van der Waals surface area (Å²) in [5.41, 5.74) is 4.17. The third-order valence-electron chi connectivity index (χ3n) is 5.55. The number of nitrogens with zero attached hydrogens (tertiary/aromatic N) is 3. The lowest BCUT2D eigenvalue weighted by molar-refractivity contribution is 0.0767. The Morgan fingerprint density at radius 2 is 1.66 bits per heavy atom. The molecule has 1 amide bonds. The standard InChI is InChI=1S/C25H29N3O3S/c1-4-28(5-2)25(29)21-16-32-24(26-21)15-27(13-19-8-6-18(3)7-9-19)14-20-10-11-22-23(12-20)31-17-30-22/h6-12,16H,4-5,13-15,17H2,1-3H3. The molecule has 0 saturated heterocycles. The summed E-state index contributed by atoms with van der Waals surface area (Å²) >= 11 is 1.54. The first kappa shape index (κ1) is 22.3. The number of aromatic nitrogens is 1. The highest BCUT2D eigenvalue weighted by Crippen LogP contribution is 2.33. The van der Waals surface area contributed by atoms with Crippen LogP contribution in [0.4, 0.5) is 0 Å². The van der Waals surface area contributed by atoms with Gasteiger partial charge < -0.3 is 14.4 Å². The van der Waals surface area contributed by atoms with Crippen LogP contribution in [0.1, 0.15) is 46.0 Å². The Labute approximate surface area is 193 Å². The van der Waals surface area contributed by atoms with Crippen LogP contribution in [0.5, 0.6) is 11.5 Å². The molecule has 0 spiro atoms. The summed E-state index contributed by atoms with van der Waals surface area (Å²) in [5.74, 6) is 1.58. The Bertz CT molecular complexity index is 1060. The van der Waals surface area contributed by atoms with Crippen molar-refractivity contribution >= 4 is 17.2 Å². The zero-order chi connectivity index (χ0) is 22.5. The maximum Gasteiger partial charge on any atom is 0.273 e. The summed E-state index contributed by atoms with van der Waals surface area (Å²) in [6.45, 7) is 9.91. The van der Waals surface area contributed by atoms with E-state index in [1.807, 2.05) is 31.4 Å². The molecule has 6 nitrogen and oxygen atoms in total. The number of hydrogen-bond donors (Lipinski definition) is 0. The van der Waals surface area contributed by atoms with E-state index in [0.29, 0.717) is 25.3 Å². The van der Waals surface area contributed by atoms with Crippen molar-refractivity contribution in [1.82, 2.24) is 14.8 Å². The lowest BCUT2D eigenvalue weighted by Crippen LogP contribution is -2.30. The van der Waals surface area contributed by atoms with Crippen molar-refractivity contribution in [3.05, 3.63) is 75.2 Å². The number of benzene rings is 2. The molecule has 0 fully saturated rings. The highest BCUT2D eigenvalue weighted by Gasteiger charge is 2.19. The van der Waals surface area contributed by atoms with Crippen LogP contribution >= 0.6 is 11.3 Å². The van der Waals surface area contributed by atoms with Crippen LogP contribution in [-0.2, 0) is 19.6 Å². The number of hydrogen-bond acceptors (Lipinski definition) is 6. The van der Waals surface area contributed by atoms with Gasteiger partial charge >= 0.3 is 0 Å². The molecule has 0 aliphatic carbocycles. The topological polar surface area (TPSA) is 54.9 Å². The zero-order valence-corrected chi connectivity index (χ0v) is 19.7. The third kappa shape index (κ3) is 5.29. The molecule has 32 heavy (non-hydrogen) atoms. The average Bonchev–Trinajstić information content (AvgIpc) is 3.45. The monoisotopic (exact) mass is 451 g/mol. The maximum atomic E-state index is 12.7. The average molecular weight is 452 g/mol. The smallest absolute Gasteiger partial charge is 0.273 e. The van der Waals surface area contributed by atoms with Crippen LogP contribution < -0.4 is 9.47 Å². The van der Waals surface area contributed by atoms with Crippen molar-refractivity contribution in [3.8, 4) is 11.5 Å². The molecule has 2 aromatic carbocycles. The number of aryl methyl sites for hydroxylation is 1.